The second kappa shape index (κ2) is 12.1. The molecule has 9 aromatic carbocycles. The zero-order chi connectivity index (χ0) is 37.9. The molecule has 11 aromatic rings. The Hall–Kier alpha value is -7.29. The molecule has 2 aromatic heterocycles. The summed E-state index contributed by atoms with van der Waals surface area (Å²) < 4.78 is 5.15. The molecule has 0 atom stereocenters. The van der Waals surface area contributed by atoms with Crippen LogP contribution in [0, 0.1) is 0 Å². The van der Waals surface area contributed by atoms with Crippen molar-refractivity contribution in [2.75, 3.05) is 0 Å². The molecule has 58 heavy (non-hydrogen) atoms. The van der Waals surface area contributed by atoms with Crippen LogP contribution < -0.4 is 32.8 Å². The van der Waals surface area contributed by atoms with Crippen LogP contribution in [0.25, 0.3) is 77.2 Å². The molecule has 4 heterocycles. The van der Waals surface area contributed by atoms with Gasteiger partial charge in [-0.1, -0.05) is 193 Å². The van der Waals surface area contributed by atoms with Crippen molar-refractivity contribution in [1.82, 2.24) is 9.13 Å². The minimum absolute atomic E-state index is 0.0194. The summed E-state index contributed by atoms with van der Waals surface area (Å²) in [6.07, 6.45) is 0. The van der Waals surface area contributed by atoms with E-state index in [4.69, 9.17) is 0 Å². The van der Waals surface area contributed by atoms with Crippen LogP contribution in [-0.4, -0.2) is 22.6 Å². The number of aromatic nitrogens is 2. The Kier molecular flexibility index (Phi) is 6.65. The summed E-state index contributed by atoms with van der Waals surface area (Å²) in [7, 11) is 0. The molecule has 266 valence electrons. The van der Waals surface area contributed by atoms with Gasteiger partial charge >= 0.3 is 0 Å². The number of hydrogen-bond donors (Lipinski definition) is 0. The SMILES string of the molecule is c1ccc(-c2ccccc2B2c3cc4c(cc3-n3c5ccccc5c5cccc2c53)c2cccc3c2n4-c2ccccc2B3c2ccccc2-c2ccccc2)cc1. The van der Waals surface area contributed by atoms with E-state index in [1.54, 1.807) is 0 Å². The molecular formula is C54H34B2N2. The van der Waals surface area contributed by atoms with Crippen molar-refractivity contribution in [1.29, 1.82) is 0 Å². The van der Waals surface area contributed by atoms with Gasteiger partial charge in [-0.25, -0.2) is 0 Å². The van der Waals surface area contributed by atoms with Crippen molar-refractivity contribution in [3.05, 3.63) is 206 Å². The van der Waals surface area contributed by atoms with Crippen LogP contribution >= 0.6 is 0 Å². The van der Waals surface area contributed by atoms with Crippen molar-refractivity contribution in [3.8, 4) is 33.6 Å². The summed E-state index contributed by atoms with van der Waals surface area (Å²) in [6.45, 7) is 0.0939. The third-order valence-corrected chi connectivity index (χ3v) is 13.1. The summed E-state index contributed by atoms with van der Waals surface area (Å²) in [5.74, 6) is 0. The standard InChI is InChI=1S/C54H34B2N2/c1-3-17-35(18-4-1)37-21-7-10-26-43(37)55-45-28-12-14-32-50(45)58-51-34-48-52(33-42(51)41-25-16-29-46(55)54(41)58)57-49-31-13-9-23-39(49)40-24-15-30-47(53(40)57)56(48)44-27-11-8-22-38(44)36-19-5-2-6-20-36/h1-34H. The highest BCUT2D eigenvalue weighted by molar-refractivity contribution is 6.99. The van der Waals surface area contributed by atoms with Crippen molar-refractivity contribution in [2.45, 2.75) is 0 Å². The Morgan fingerprint density at radius 2 is 0.741 bits per heavy atom. The van der Waals surface area contributed by atoms with Gasteiger partial charge in [-0.05, 0) is 68.4 Å². The van der Waals surface area contributed by atoms with E-state index in [-0.39, 0.29) is 13.4 Å². The molecule has 2 aliphatic rings. The van der Waals surface area contributed by atoms with Crippen LogP contribution in [0.2, 0.25) is 0 Å². The minimum atomic E-state index is 0.0194. The number of para-hydroxylation sites is 4. The fourth-order valence-corrected chi connectivity index (χ4v) is 10.8. The van der Waals surface area contributed by atoms with E-state index in [2.05, 4.69) is 215 Å². The predicted octanol–water partition coefficient (Wildman–Crippen LogP) is 8.87. The summed E-state index contributed by atoms with van der Waals surface area (Å²) in [5.41, 5.74) is 20.6. The van der Waals surface area contributed by atoms with Gasteiger partial charge in [-0.3, -0.25) is 0 Å². The maximum absolute atomic E-state index is 2.58. The lowest BCUT2D eigenvalue weighted by molar-refractivity contribution is 1.18. The molecule has 0 radical (unpaired) electrons. The van der Waals surface area contributed by atoms with Crippen LogP contribution in [0.4, 0.5) is 0 Å². The Balaban J connectivity index is 1.16. The quantitative estimate of drug-likeness (QED) is 0.160. The second-order valence-corrected chi connectivity index (χ2v) is 15.9. The molecule has 0 spiro atoms. The third kappa shape index (κ3) is 4.29. The summed E-state index contributed by atoms with van der Waals surface area (Å²) in [4.78, 5) is 0. The average molecular weight is 733 g/mol. The van der Waals surface area contributed by atoms with E-state index in [1.807, 2.05) is 0 Å². The van der Waals surface area contributed by atoms with Crippen molar-refractivity contribution in [2.24, 2.45) is 0 Å². The third-order valence-electron chi connectivity index (χ3n) is 13.1. The smallest absolute Gasteiger partial charge is 0.247 e. The fourth-order valence-electron chi connectivity index (χ4n) is 10.8. The van der Waals surface area contributed by atoms with Crippen molar-refractivity contribution >= 4 is 89.8 Å². The highest BCUT2D eigenvalue weighted by Crippen LogP contribution is 2.39. The Morgan fingerprint density at radius 3 is 1.40 bits per heavy atom. The lowest BCUT2D eigenvalue weighted by atomic mass is 9.34. The van der Waals surface area contributed by atoms with Crippen LogP contribution in [-0.2, 0) is 0 Å². The van der Waals surface area contributed by atoms with Gasteiger partial charge in [0.1, 0.15) is 0 Å². The Morgan fingerprint density at radius 1 is 0.276 bits per heavy atom. The Labute approximate surface area is 337 Å². The van der Waals surface area contributed by atoms with Gasteiger partial charge in [0, 0.05) is 44.0 Å². The molecule has 0 bridgehead atoms. The van der Waals surface area contributed by atoms with E-state index in [1.165, 1.54) is 110 Å². The van der Waals surface area contributed by atoms with Gasteiger partial charge in [-0.2, -0.15) is 0 Å². The second-order valence-electron chi connectivity index (χ2n) is 15.9. The molecule has 0 fully saturated rings. The molecule has 0 unspecified atom stereocenters. The molecule has 0 N–H and O–H groups in total. The first-order chi connectivity index (χ1) is 28.8. The number of nitrogens with zero attached hydrogens (tertiary/aromatic N) is 2. The van der Waals surface area contributed by atoms with Crippen LogP contribution in [0.3, 0.4) is 0 Å². The molecular weight excluding hydrogens is 698 g/mol. The largest absolute Gasteiger partial charge is 0.310 e. The maximum Gasteiger partial charge on any atom is 0.247 e. The number of benzene rings is 9. The van der Waals surface area contributed by atoms with E-state index in [9.17, 15) is 0 Å². The zero-order valence-electron chi connectivity index (χ0n) is 31.7. The van der Waals surface area contributed by atoms with Crippen molar-refractivity contribution < 1.29 is 0 Å². The van der Waals surface area contributed by atoms with Gasteiger partial charge in [0.15, 0.2) is 0 Å². The van der Waals surface area contributed by atoms with Crippen LogP contribution in [0.1, 0.15) is 0 Å². The molecule has 0 saturated carbocycles. The van der Waals surface area contributed by atoms with Crippen LogP contribution in [0.5, 0.6) is 0 Å². The van der Waals surface area contributed by atoms with Gasteiger partial charge < -0.3 is 9.13 Å². The molecule has 0 saturated heterocycles. The molecule has 0 aliphatic carbocycles. The number of rotatable bonds is 4. The molecule has 2 aliphatic heterocycles. The van der Waals surface area contributed by atoms with Gasteiger partial charge in [0.25, 0.3) is 0 Å². The molecule has 2 nitrogen and oxygen atoms in total. The summed E-state index contributed by atoms with van der Waals surface area (Å²) in [5, 5.41) is 5.17. The van der Waals surface area contributed by atoms with E-state index in [0.29, 0.717) is 0 Å². The fraction of sp³-hybridized carbons (Fsp3) is 0. The zero-order valence-corrected chi connectivity index (χ0v) is 31.7. The first-order valence-electron chi connectivity index (χ1n) is 20.3. The minimum Gasteiger partial charge on any atom is -0.310 e. The normalized spacial score (nSPS) is 12.8. The highest BCUT2D eigenvalue weighted by atomic mass is 15.0. The highest BCUT2D eigenvalue weighted by Gasteiger charge is 2.38. The number of hydrogen-bond acceptors (Lipinski definition) is 0. The lowest BCUT2D eigenvalue weighted by Gasteiger charge is -2.30. The summed E-state index contributed by atoms with van der Waals surface area (Å²) >= 11 is 0. The van der Waals surface area contributed by atoms with E-state index in [0.717, 1.165) is 0 Å². The predicted molar refractivity (Wildman–Crippen MR) is 248 cm³/mol. The topological polar surface area (TPSA) is 9.86 Å². The lowest BCUT2D eigenvalue weighted by Crippen LogP contribution is -2.57. The number of fused-ring (bicyclic) bond motifs is 10. The van der Waals surface area contributed by atoms with Gasteiger partial charge in [-0.15, -0.1) is 0 Å². The Bertz CT molecular complexity index is 3470. The van der Waals surface area contributed by atoms with E-state index >= 15 is 0 Å². The van der Waals surface area contributed by atoms with Gasteiger partial charge in [0.2, 0.25) is 13.4 Å². The molecule has 13 rings (SSSR count). The van der Waals surface area contributed by atoms with Crippen LogP contribution in [0.15, 0.2) is 206 Å². The van der Waals surface area contributed by atoms with E-state index < -0.39 is 0 Å². The summed E-state index contributed by atoms with van der Waals surface area (Å²) in [6, 6.07) is 76.9. The first kappa shape index (κ1) is 31.9. The molecule has 0 amide bonds. The van der Waals surface area contributed by atoms with Gasteiger partial charge in [0.05, 0.1) is 11.0 Å². The maximum atomic E-state index is 2.58. The monoisotopic (exact) mass is 732 g/mol. The molecule has 4 heteroatoms. The average Bonchev–Trinajstić information content (AvgIpc) is 3.81. The first-order valence-corrected chi connectivity index (χ1v) is 20.3. The van der Waals surface area contributed by atoms with Crippen molar-refractivity contribution in [3.63, 3.8) is 0 Å².